The molecule has 4 fully saturated rings. The number of rotatable bonds is 5. The highest BCUT2D eigenvalue weighted by atomic mass is 16.5. The summed E-state index contributed by atoms with van der Waals surface area (Å²) < 4.78 is 6.27. The largest absolute Gasteiger partial charge is 0.506 e. The Morgan fingerprint density at radius 1 is 1.24 bits per heavy atom. The van der Waals surface area contributed by atoms with Gasteiger partial charge in [-0.2, -0.15) is 0 Å². The molecule has 33 heavy (non-hydrogen) atoms. The first-order valence-corrected chi connectivity index (χ1v) is 11.1. The van der Waals surface area contributed by atoms with Gasteiger partial charge in [-0.3, -0.25) is 9.59 Å². The van der Waals surface area contributed by atoms with Crippen molar-refractivity contribution in [1.29, 1.82) is 0 Å². The van der Waals surface area contributed by atoms with Gasteiger partial charge in [-0.15, -0.1) is 0 Å². The molecule has 9 nitrogen and oxygen atoms in total. The molecule has 1 unspecified atom stereocenters. The molecule has 5 aliphatic rings. The number of aliphatic hydroxyl groups is 1. The number of benzene rings is 1. The van der Waals surface area contributed by atoms with E-state index in [0.29, 0.717) is 0 Å². The smallest absolute Gasteiger partial charge is 0.339 e. The van der Waals surface area contributed by atoms with Crippen LogP contribution in [0.2, 0.25) is 0 Å². The SMILES string of the molecule is C[C@@]12O[C@H]3C[C@H]1C[C@@]1(C=CC(=O)[C@@](C)(CCC(=O)Nc4c(O)ccc(C(=O)O)c4O)[C@H]31)C2O. The van der Waals surface area contributed by atoms with Crippen LogP contribution in [-0.4, -0.2) is 55.9 Å². The van der Waals surface area contributed by atoms with Crippen LogP contribution in [0.25, 0.3) is 0 Å². The third-order valence-electron chi connectivity index (χ3n) is 8.65. The van der Waals surface area contributed by atoms with Gasteiger partial charge in [0.1, 0.15) is 17.0 Å². The highest BCUT2D eigenvalue weighted by molar-refractivity contribution is 6.00. The highest BCUT2D eigenvalue weighted by Crippen LogP contribution is 2.71. The van der Waals surface area contributed by atoms with Gasteiger partial charge in [-0.25, -0.2) is 4.79 Å². The van der Waals surface area contributed by atoms with Crippen molar-refractivity contribution in [3.05, 3.63) is 29.8 Å². The number of anilines is 1. The molecule has 9 heteroatoms. The van der Waals surface area contributed by atoms with Crippen molar-refractivity contribution >= 4 is 23.3 Å². The average Bonchev–Trinajstić information content (AvgIpc) is 3.09. The topological polar surface area (TPSA) is 153 Å². The molecule has 2 aliphatic heterocycles. The second kappa shape index (κ2) is 6.80. The molecule has 176 valence electrons. The van der Waals surface area contributed by atoms with E-state index in [-0.39, 0.29) is 42.3 Å². The number of ether oxygens (including phenoxy) is 1. The summed E-state index contributed by atoms with van der Waals surface area (Å²) >= 11 is 0. The number of nitrogens with one attached hydrogen (secondary N) is 1. The summed E-state index contributed by atoms with van der Waals surface area (Å²) in [4.78, 5) is 37.0. The summed E-state index contributed by atoms with van der Waals surface area (Å²) in [6.07, 6.45) is 4.04. The fraction of sp³-hybridized carbons (Fsp3) is 0.542. The van der Waals surface area contributed by atoms with E-state index in [1.165, 1.54) is 6.08 Å². The van der Waals surface area contributed by atoms with Crippen molar-refractivity contribution in [2.24, 2.45) is 22.7 Å². The molecule has 6 rings (SSSR count). The number of aliphatic hydroxyl groups excluding tert-OH is 1. The van der Waals surface area contributed by atoms with Gasteiger partial charge in [0.25, 0.3) is 0 Å². The summed E-state index contributed by atoms with van der Waals surface area (Å²) in [6, 6.07) is 2.11. The Hall–Kier alpha value is -2.91. The molecule has 5 N–H and O–H groups in total. The molecular formula is C24H27NO8. The lowest BCUT2D eigenvalue weighted by Crippen LogP contribution is -2.62. The van der Waals surface area contributed by atoms with Crippen LogP contribution < -0.4 is 5.32 Å². The second-order valence-corrected chi connectivity index (χ2v) is 10.3. The number of carboxylic acid groups (broad SMARTS) is 1. The molecule has 7 atom stereocenters. The predicted molar refractivity (Wildman–Crippen MR) is 115 cm³/mol. The number of phenolic OH excluding ortho intramolecular Hbond substituents is 1. The summed E-state index contributed by atoms with van der Waals surface area (Å²) in [6.45, 7) is 3.75. The Bertz CT molecular complexity index is 1110. The van der Waals surface area contributed by atoms with Crippen LogP contribution in [0.15, 0.2) is 24.3 Å². The molecule has 2 saturated heterocycles. The fourth-order valence-corrected chi connectivity index (χ4v) is 7.05. The van der Waals surface area contributed by atoms with Crippen LogP contribution in [0.3, 0.4) is 0 Å². The molecule has 1 amide bonds. The Balaban J connectivity index is 1.38. The third kappa shape index (κ3) is 2.75. The zero-order valence-corrected chi connectivity index (χ0v) is 18.4. The van der Waals surface area contributed by atoms with Gasteiger partial charge in [-0.05, 0) is 50.3 Å². The minimum Gasteiger partial charge on any atom is -0.506 e. The number of hydrogen-bond donors (Lipinski definition) is 5. The number of aromatic hydroxyl groups is 2. The maximum Gasteiger partial charge on any atom is 0.339 e. The molecule has 2 heterocycles. The number of ketones is 1. The van der Waals surface area contributed by atoms with Gasteiger partial charge in [0.05, 0.1) is 17.8 Å². The zero-order valence-electron chi connectivity index (χ0n) is 18.4. The minimum atomic E-state index is -1.40. The van der Waals surface area contributed by atoms with Gasteiger partial charge >= 0.3 is 5.97 Å². The van der Waals surface area contributed by atoms with Crippen molar-refractivity contribution in [2.75, 3.05) is 5.32 Å². The number of carboxylic acids is 1. The van der Waals surface area contributed by atoms with Gasteiger partial charge in [0.15, 0.2) is 11.5 Å². The molecule has 0 radical (unpaired) electrons. The van der Waals surface area contributed by atoms with Crippen LogP contribution in [0.1, 0.15) is 49.9 Å². The summed E-state index contributed by atoms with van der Waals surface area (Å²) in [5.41, 5.74) is -2.97. The van der Waals surface area contributed by atoms with Crippen molar-refractivity contribution in [2.45, 2.75) is 57.3 Å². The average molecular weight is 457 g/mol. The number of hydrogen-bond acceptors (Lipinski definition) is 7. The van der Waals surface area contributed by atoms with E-state index in [0.717, 1.165) is 25.0 Å². The summed E-state index contributed by atoms with van der Waals surface area (Å²) in [5.74, 6) is -3.37. The summed E-state index contributed by atoms with van der Waals surface area (Å²) in [7, 11) is 0. The van der Waals surface area contributed by atoms with E-state index >= 15 is 0 Å². The molecule has 1 aromatic carbocycles. The van der Waals surface area contributed by atoms with Crippen molar-refractivity contribution in [3.63, 3.8) is 0 Å². The van der Waals surface area contributed by atoms with Crippen molar-refractivity contribution in [1.82, 2.24) is 0 Å². The van der Waals surface area contributed by atoms with E-state index < -0.39 is 51.5 Å². The fourth-order valence-electron chi connectivity index (χ4n) is 7.05. The number of carbonyl (C=O) groups is 3. The maximum absolute atomic E-state index is 13.1. The van der Waals surface area contributed by atoms with Crippen LogP contribution in [0.4, 0.5) is 5.69 Å². The Morgan fingerprint density at radius 2 is 1.97 bits per heavy atom. The van der Waals surface area contributed by atoms with E-state index in [4.69, 9.17) is 9.84 Å². The van der Waals surface area contributed by atoms with Gasteiger partial charge in [0.2, 0.25) is 5.91 Å². The van der Waals surface area contributed by atoms with Gasteiger partial charge < -0.3 is 30.5 Å². The number of phenols is 2. The van der Waals surface area contributed by atoms with Crippen molar-refractivity contribution in [3.8, 4) is 11.5 Å². The first kappa shape index (κ1) is 21.9. The molecule has 2 saturated carbocycles. The molecular weight excluding hydrogens is 430 g/mol. The predicted octanol–water partition coefficient (Wildman–Crippen LogP) is 2.20. The van der Waals surface area contributed by atoms with E-state index in [2.05, 4.69) is 5.32 Å². The number of allylic oxidation sites excluding steroid dienone is 1. The van der Waals surface area contributed by atoms with Crippen LogP contribution in [-0.2, 0) is 14.3 Å². The standard InChI is InChI=1S/C24H27NO8/c1-22(7-6-16(28)25-17-13(26)4-3-12(18(17)29)20(30)31)15(27)5-8-24-10-11-9-14(19(22)24)33-23(11,2)21(24)32/h3-5,8,11,14,19,21,26,29,32H,6-7,9-10H2,1-2H3,(H,25,28)(H,30,31)/t11-,14-,19-,21?,22+,23+,24+/m0/s1. The molecule has 3 aliphatic carbocycles. The number of aromatic carboxylic acids is 1. The lowest BCUT2D eigenvalue weighted by atomic mass is 9.50. The monoisotopic (exact) mass is 457 g/mol. The van der Waals surface area contributed by atoms with Gasteiger partial charge in [0, 0.05) is 23.2 Å². The lowest BCUT2D eigenvalue weighted by Gasteiger charge is -2.57. The minimum absolute atomic E-state index is 0.109. The molecule has 4 bridgehead atoms. The van der Waals surface area contributed by atoms with E-state index in [1.807, 2.05) is 19.9 Å². The highest BCUT2D eigenvalue weighted by Gasteiger charge is 2.76. The number of carbonyl (C=O) groups excluding carboxylic acids is 2. The molecule has 0 aromatic heterocycles. The lowest BCUT2D eigenvalue weighted by molar-refractivity contribution is -0.219. The third-order valence-corrected chi connectivity index (χ3v) is 8.65. The van der Waals surface area contributed by atoms with Crippen LogP contribution >= 0.6 is 0 Å². The normalized spacial score (nSPS) is 40.2. The van der Waals surface area contributed by atoms with E-state index in [9.17, 15) is 29.7 Å². The Labute approximate surface area is 190 Å². The Kier molecular flexibility index (Phi) is 4.52. The summed E-state index contributed by atoms with van der Waals surface area (Å²) in [5, 5.41) is 42.9. The van der Waals surface area contributed by atoms with Crippen molar-refractivity contribution < 1.29 is 39.5 Å². The maximum atomic E-state index is 13.1. The number of amides is 1. The van der Waals surface area contributed by atoms with E-state index in [1.54, 1.807) is 0 Å². The Morgan fingerprint density at radius 3 is 2.64 bits per heavy atom. The van der Waals surface area contributed by atoms with Crippen LogP contribution in [0.5, 0.6) is 11.5 Å². The first-order valence-electron chi connectivity index (χ1n) is 11.1. The van der Waals surface area contributed by atoms with Gasteiger partial charge in [-0.1, -0.05) is 13.0 Å². The zero-order chi connectivity index (χ0) is 23.9. The second-order valence-electron chi connectivity index (χ2n) is 10.3. The van der Waals surface area contributed by atoms with Crippen LogP contribution in [0, 0.1) is 22.7 Å². The first-order chi connectivity index (χ1) is 15.4. The molecule has 1 aromatic rings. The quantitative estimate of drug-likeness (QED) is 0.422. The molecule has 1 spiro atoms.